The molecule has 6 nitrogen and oxygen atoms in total. The molecule has 0 saturated heterocycles. The van der Waals surface area contributed by atoms with E-state index < -0.39 is 6.04 Å². The molecule has 0 aliphatic heterocycles. The van der Waals surface area contributed by atoms with E-state index in [1.165, 1.54) is 35.6 Å². The summed E-state index contributed by atoms with van der Waals surface area (Å²) in [6.07, 6.45) is 5.36. The third-order valence-electron chi connectivity index (χ3n) is 5.81. The second kappa shape index (κ2) is 11.5. The Balaban J connectivity index is 1.69. The fraction of sp³-hybridized carbons (Fsp3) is 0.440. The van der Waals surface area contributed by atoms with Crippen molar-refractivity contribution in [1.82, 2.24) is 10.2 Å². The predicted octanol–water partition coefficient (Wildman–Crippen LogP) is 4.08. The van der Waals surface area contributed by atoms with E-state index in [0.717, 1.165) is 31.2 Å². The van der Waals surface area contributed by atoms with E-state index in [4.69, 9.17) is 9.47 Å². The van der Waals surface area contributed by atoms with E-state index in [1.807, 2.05) is 24.3 Å². The van der Waals surface area contributed by atoms with Crippen LogP contribution in [0.3, 0.4) is 0 Å². The Morgan fingerprint density at radius 1 is 1.03 bits per heavy atom. The largest absolute Gasteiger partial charge is 0.497 e. The zero-order chi connectivity index (χ0) is 22.9. The Labute approximate surface area is 188 Å². The topological polar surface area (TPSA) is 67.9 Å². The second-order valence-corrected chi connectivity index (χ2v) is 8.13. The van der Waals surface area contributed by atoms with Crippen LogP contribution in [-0.2, 0) is 16.1 Å². The number of hydrogen-bond donors (Lipinski definition) is 1. The standard InChI is InChI=1S/C25H31FN2O4/c1-18(25(30)27-21-6-4-3-5-7-21)28(16-19-8-12-22(31-2)13-9-19)24(29)17-32-23-14-10-20(26)11-15-23/h8-15,18,21H,3-7,16-17H2,1-2H3,(H,27,30)/t18-/m0/s1. The smallest absolute Gasteiger partial charge is 0.261 e. The SMILES string of the molecule is COc1ccc(CN(C(=O)COc2ccc(F)cc2)[C@@H](C)C(=O)NC2CCCCC2)cc1. The molecule has 32 heavy (non-hydrogen) atoms. The van der Waals surface area contributed by atoms with E-state index >= 15 is 0 Å². The number of hydrogen-bond acceptors (Lipinski definition) is 4. The summed E-state index contributed by atoms with van der Waals surface area (Å²) < 4.78 is 23.9. The molecule has 0 bridgehead atoms. The van der Waals surface area contributed by atoms with E-state index in [-0.39, 0.29) is 36.8 Å². The Bertz CT molecular complexity index is 880. The average Bonchev–Trinajstić information content (AvgIpc) is 2.82. The molecule has 0 spiro atoms. The van der Waals surface area contributed by atoms with Gasteiger partial charge in [0.05, 0.1) is 7.11 Å². The van der Waals surface area contributed by atoms with Gasteiger partial charge < -0.3 is 19.7 Å². The first-order valence-electron chi connectivity index (χ1n) is 11.1. The van der Waals surface area contributed by atoms with E-state index in [2.05, 4.69) is 5.32 Å². The van der Waals surface area contributed by atoms with E-state index in [0.29, 0.717) is 11.5 Å². The number of carbonyl (C=O) groups excluding carboxylic acids is 2. The Morgan fingerprint density at radius 3 is 2.28 bits per heavy atom. The van der Waals surface area contributed by atoms with Gasteiger partial charge in [0.2, 0.25) is 5.91 Å². The molecule has 0 heterocycles. The highest BCUT2D eigenvalue weighted by molar-refractivity contribution is 5.88. The second-order valence-electron chi connectivity index (χ2n) is 8.13. The van der Waals surface area contributed by atoms with Crippen LogP contribution in [0, 0.1) is 5.82 Å². The summed E-state index contributed by atoms with van der Waals surface area (Å²) in [7, 11) is 1.59. The lowest BCUT2D eigenvalue weighted by atomic mass is 9.95. The molecular formula is C25H31FN2O4. The van der Waals surface area contributed by atoms with Gasteiger partial charge in [0, 0.05) is 12.6 Å². The molecule has 2 amide bonds. The maximum atomic E-state index is 13.1. The number of carbonyl (C=O) groups is 2. The number of nitrogens with zero attached hydrogens (tertiary/aromatic N) is 1. The van der Waals surface area contributed by atoms with Gasteiger partial charge in [0.1, 0.15) is 23.4 Å². The number of amides is 2. The Hall–Kier alpha value is -3.09. The summed E-state index contributed by atoms with van der Waals surface area (Å²) in [6, 6.07) is 12.3. The lowest BCUT2D eigenvalue weighted by Gasteiger charge is -2.31. The van der Waals surface area contributed by atoms with Crippen molar-refractivity contribution in [3.05, 3.63) is 59.9 Å². The molecule has 1 N–H and O–H groups in total. The number of halogens is 1. The molecular weight excluding hydrogens is 411 g/mol. The highest BCUT2D eigenvalue weighted by Gasteiger charge is 2.28. The molecule has 0 aromatic heterocycles. The fourth-order valence-corrected chi connectivity index (χ4v) is 3.84. The minimum atomic E-state index is -0.664. The number of rotatable bonds is 9. The van der Waals surface area contributed by atoms with Gasteiger partial charge in [-0.3, -0.25) is 9.59 Å². The van der Waals surface area contributed by atoms with Gasteiger partial charge in [0.15, 0.2) is 6.61 Å². The zero-order valence-electron chi connectivity index (χ0n) is 18.7. The first-order valence-corrected chi connectivity index (χ1v) is 11.1. The van der Waals surface area contributed by atoms with Crippen molar-refractivity contribution in [2.45, 2.75) is 57.7 Å². The number of ether oxygens (including phenoxy) is 2. The predicted molar refractivity (Wildman–Crippen MR) is 120 cm³/mol. The van der Waals surface area contributed by atoms with Crippen LogP contribution in [0.4, 0.5) is 4.39 Å². The molecule has 0 unspecified atom stereocenters. The van der Waals surface area contributed by atoms with Crippen LogP contribution in [-0.4, -0.2) is 42.5 Å². The maximum absolute atomic E-state index is 13.1. The van der Waals surface area contributed by atoms with Crippen molar-refractivity contribution in [3.8, 4) is 11.5 Å². The molecule has 3 rings (SSSR count). The van der Waals surface area contributed by atoms with Crippen molar-refractivity contribution in [1.29, 1.82) is 0 Å². The van der Waals surface area contributed by atoms with Gasteiger partial charge in [-0.05, 0) is 61.7 Å². The van der Waals surface area contributed by atoms with Crippen molar-refractivity contribution in [2.24, 2.45) is 0 Å². The first-order chi connectivity index (χ1) is 15.5. The van der Waals surface area contributed by atoms with Crippen LogP contribution in [0.25, 0.3) is 0 Å². The summed E-state index contributed by atoms with van der Waals surface area (Å²) >= 11 is 0. The fourth-order valence-electron chi connectivity index (χ4n) is 3.84. The molecule has 1 fully saturated rings. The summed E-state index contributed by atoms with van der Waals surface area (Å²) in [5, 5.41) is 3.10. The zero-order valence-corrected chi connectivity index (χ0v) is 18.7. The lowest BCUT2D eigenvalue weighted by molar-refractivity contribution is -0.142. The van der Waals surface area contributed by atoms with E-state index in [9.17, 15) is 14.0 Å². The average molecular weight is 443 g/mol. The molecule has 2 aromatic carbocycles. The van der Waals surface area contributed by atoms with Crippen LogP contribution in [0.15, 0.2) is 48.5 Å². The Morgan fingerprint density at radius 2 is 1.66 bits per heavy atom. The third-order valence-corrected chi connectivity index (χ3v) is 5.81. The highest BCUT2D eigenvalue weighted by Crippen LogP contribution is 2.19. The van der Waals surface area contributed by atoms with Crippen LogP contribution in [0.1, 0.15) is 44.6 Å². The summed E-state index contributed by atoms with van der Waals surface area (Å²) in [5.41, 5.74) is 0.873. The molecule has 172 valence electrons. The highest BCUT2D eigenvalue weighted by atomic mass is 19.1. The molecule has 1 atom stereocenters. The van der Waals surface area contributed by atoms with Gasteiger partial charge in [0.25, 0.3) is 5.91 Å². The third kappa shape index (κ3) is 6.70. The molecule has 1 aliphatic carbocycles. The number of nitrogens with one attached hydrogen (secondary N) is 1. The van der Waals surface area contributed by atoms with E-state index in [1.54, 1.807) is 14.0 Å². The van der Waals surface area contributed by atoms with Crippen LogP contribution < -0.4 is 14.8 Å². The van der Waals surface area contributed by atoms with Gasteiger partial charge in [-0.2, -0.15) is 0 Å². The maximum Gasteiger partial charge on any atom is 0.261 e. The lowest BCUT2D eigenvalue weighted by Crippen LogP contribution is -2.51. The van der Waals surface area contributed by atoms with Gasteiger partial charge >= 0.3 is 0 Å². The van der Waals surface area contributed by atoms with Gasteiger partial charge in [-0.25, -0.2) is 4.39 Å². The first kappa shape index (κ1) is 23.6. The molecule has 1 saturated carbocycles. The summed E-state index contributed by atoms with van der Waals surface area (Å²) in [5.74, 6) is 0.243. The summed E-state index contributed by atoms with van der Waals surface area (Å²) in [6.45, 7) is 1.75. The quantitative estimate of drug-likeness (QED) is 0.636. The van der Waals surface area contributed by atoms with Crippen molar-refractivity contribution >= 4 is 11.8 Å². The van der Waals surface area contributed by atoms with Crippen LogP contribution in [0.5, 0.6) is 11.5 Å². The van der Waals surface area contributed by atoms with Crippen LogP contribution in [0.2, 0.25) is 0 Å². The van der Waals surface area contributed by atoms with Crippen molar-refractivity contribution in [2.75, 3.05) is 13.7 Å². The number of methoxy groups -OCH3 is 1. The normalized spacial score (nSPS) is 15.0. The monoisotopic (exact) mass is 442 g/mol. The van der Waals surface area contributed by atoms with Gasteiger partial charge in [-0.15, -0.1) is 0 Å². The minimum absolute atomic E-state index is 0.159. The Kier molecular flexibility index (Phi) is 8.48. The minimum Gasteiger partial charge on any atom is -0.497 e. The molecule has 2 aromatic rings. The number of benzene rings is 2. The van der Waals surface area contributed by atoms with Crippen molar-refractivity contribution in [3.63, 3.8) is 0 Å². The molecule has 0 radical (unpaired) electrons. The van der Waals surface area contributed by atoms with Crippen LogP contribution >= 0.6 is 0 Å². The summed E-state index contributed by atoms with van der Waals surface area (Å²) in [4.78, 5) is 27.5. The van der Waals surface area contributed by atoms with Gasteiger partial charge in [-0.1, -0.05) is 31.4 Å². The van der Waals surface area contributed by atoms with Crippen molar-refractivity contribution < 1.29 is 23.5 Å². The molecule has 1 aliphatic rings. The molecule has 7 heteroatoms.